The lowest BCUT2D eigenvalue weighted by molar-refractivity contribution is 0.244. The van der Waals surface area contributed by atoms with Gasteiger partial charge in [0.2, 0.25) is 0 Å². The minimum Gasteiger partial charge on any atom is -0.490 e. The second-order valence-electron chi connectivity index (χ2n) is 4.99. The Balaban J connectivity index is 2.45. The standard InChI is InChI=1S/C16H25NO2/c1-4-11-19-15-7-5-14(6-8-15)12-17-16(9-10-18)13(2)3/h4-8,13,16-18H,1,9-12H2,2-3H3. The third-order valence-electron chi connectivity index (χ3n) is 3.10. The van der Waals surface area contributed by atoms with E-state index in [9.17, 15) is 0 Å². The zero-order valence-corrected chi connectivity index (χ0v) is 11.9. The molecule has 1 atom stereocenters. The Morgan fingerprint density at radius 2 is 2.00 bits per heavy atom. The van der Waals surface area contributed by atoms with E-state index >= 15 is 0 Å². The molecule has 1 aromatic carbocycles. The van der Waals surface area contributed by atoms with Crippen molar-refractivity contribution in [2.75, 3.05) is 13.2 Å². The van der Waals surface area contributed by atoms with Crippen molar-refractivity contribution >= 4 is 0 Å². The number of hydrogen-bond donors (Lipinski definition) is 2. The van der Waals surface area contributed by atoms with Gasteiger partial charge in [-0.05, 0) is 30.0 Å². The lowest BCUT2D eigenvalue weighted by Gasteiger charge is -2.21. The van der Waals surface area contributed by atoms with E-state index in [1.165, 1.54) is 5.56 Å². The number of ether oxygens (including phenoxy) is 1. The van der Waals surface area contributed by atoms with Crippen molar-refractivity contribution in [2.24, 2.45) is 5.92 Å². The van der Waals surface area contributed by atoms with Crippen LogP contribution < -0.4 is 10.1 Å². The maximum absolute atomic E-state index is 9.04. The van der Waals surface area contributed by atoms with E-state index in [4.69, 9.17) is 9.84 Å². The number of rotatable bonds is 9. The molecule has 3 heteroatoms. The molecule has 0 bridgehead atoms. The van der Waals surface area contributed by atoms with E-state index in [0.29, 0.717) is 18.6 Å². The van der Waals surface area contributed by atoms with Crippen LogP contribution in [0.5, 0.6) is 5.75 Å². The Kier molecular flexibility index (Phi) is 7.23. The summed E-state index contributed by atoms with van der Waals surface area (Å²) < 4.78 is 5.44. The van der Waals surface area contributed by atoms with Crippen LogP contribution in [0.3, 0.4) is 0 Å². The van der Waals surface area contributed by atoms with Crippen LogP contribution in [-0.4, -0.2) is 24.4 Å². The van der Waals surface area contributed by atoms with Crippen molar-refractivity contribution < 1.29 is 9.84 Å². The van der Waals surface area contributed by atoms with Crippen molar-refractivity contribution in [1.29, 1.82) is 0 Å². The van der Waals surface area contributed by atoms with Crippen LogP contribution in [0.4, 0.5) is 0 Å². The first-order valence-electron chi connectivity index (χ1n) is 6.84. The fourth-order valence-corrected chi connectivity index (χ4v) is 1.92. The molecule has 2 N–H and O–H groups in total. The summed E-state index contributed by atoms with van der Waals surface area (Å²) in [6, 6.07) is 8.40. The molecule has 0 aliphatic carbocycles. The summed E-state index contributed by atoms with van der Waals surface area (Å²) in [5, 5.41) is 12.5. The highest BCUT2D eigenvalue weighted by Gasteiger charge is 2.11. The molecule has 0 spiro atoms. The average Bonchev–Trinajstić information content (AvgIpc) is 2.42. The molecule has 1 aromatic rings. The summed E-state index contributed by atoms with van der Waals surface area (Å²) in [7, 11) is 0. The van der Waals surface area contributed by atoms with E-state index in [1.807, 2.05) is 12.1 Å². The summed E-state index contributed by atoms with van der Waals surface area (Å²) >= 11 is 0. The predicted molar refractivity (Wildman–Crippen MR) is 79.3 cm³/mol. The van der Waals surface area contributed by atoms with Gasteiger partial charge >= 0.3 is 0 Å². The number of aliphatic hydroxyl groups is 1. The molecule has 0 aromatic heterocycles. The lowest BCUT2D eigenvalue weighted by atomic mass is 10.0. The lowest BCUT2D eigenvalue weighted by Crippen LogP contribution is -2.34. The first kappa shape index (κ1) is 15.7. The quantitative estimate of drug-likeness (QED) is 0.673. The van der Waals surface area contributed by atoms with Gasteiger partial charge in [-0.15, -0.1) is 0 Å². The van der Waals surface area contributed by atoms with E-state index < -0.39 is 0 Å². The Morgan fingerprint density at radius 3 is 2.53 bits per heavy atom. The van der Waals surface area contributed by atoms with Gasteiger partial charge < -0.3 is 15.2 Å². The van der Waals surface area contributed by atoms with Crippen LogP contribution in [0.1, 0.15) is 25.8 Å². The highest BCUT2D eigenvalue weighted by molar-refractivity contribution is 5.27. The fourth-order valence-electron chi connectivity index (χ4n) is 1.92. The Hall–Kier alpha value is -1.32. The second-order valence-corrected chi connectivity index (χ2v) is 4.99. The third kappa shape index (κ3) is 5.90. The summed E-state index contributed by atoms with van der Waals surface area (Å²) in [4.78, 5) is 0. The van der Waals surface area contributed by atoms with Crippen LogP contribution in [0, 0.1) is 5.92 Å². The smallest absolute Gasteiger partial charge is 0.119 e. The maximum atomic E-state index is 9.04. The van der Waals surface area contributed by atoms with Gasteiger partial charge in [0.25, 0.3) is 0 Å². The van der Waals surface area contributed by atoms with Gasteiger partial charge in [-0.25, -0.2) is 0 Å². The molecule has 1 rings (SSSR count). The fraction of sp³-hybridized carbons (Fsp3) is 0.500. The topological polar surface area (TPSA) is 41.5 Å². The SMILES string of the molecule is C=CCOc1ccc(CNC(CCO)C(C)C)cc1. The van der Waals surface area contributed by atoms with Crippen molar-refractivity contribution in [3.05, 3.63) is 42.5 Å². The number of nitrogens with one attached hydrogen (secondary N) is 1. The van der Waals surface area contributed by atoms with Gasteiger partial charge in [0.15, 0.2) is 0 Å². The van der Waals surface area contributed by atoms with Crippen molar-refractivity contribution in [1.82, 2.24) is 5.32 Å². The molecule has 0 heterocycles. The predicted octanol–water partition coefficient (Wildman–Crippen LogP) is 2.75. The highest BCUT2D eigenvalue weighted by atomic mass is 16.5. The van der Waals surface area contributed by atoms with Crippen LogP contribution in [0.15, 0.2) is 36.9 Å². The van der Waals surface area contributed by atoms with Gasteiger partial charge in [-0.1, -0.05) is 38.6 Å². The minimum absolute atomic E-state index is 0.226. The van der Waals surface area contributed by atoms with Gasteiger partial charge in [0.05, 0.1) is 0 Å². The summed E-state index contributed by atoms with van der Waals surface area (Å²) in [5.41, 5.74) is 1.22. The van der Waals surface area contributed by atoms with E-state index in [2.05, 4.69) is 37.9 Å². The summed E-state index contributed by atoms with van der Waals surface area (Å²) in [6.45, 7) is 9.52. The summed E-state index contributed by atoms with van der Waals surface area (Å²) in [5.74, 6) is 1.38. The minimum atomic E-state index is 0.226. The molecule has 106 valence electrons. The van der Waals surface area contributed by atoms with Crippen molar-refractivity contribution in [3.8, 4) is 5.75 Å². The monoisotopic (exact) mass is 263 g/mol. The number of hydrogen-bond acceptors (Lipinski definition) is 3. The maximum Gasteiger partial charge on any atom is 0.119 e. The zero-order chi connectivity index (χ0) is 14.1. The normalized spacial score (nSPS) is 12.4. The van der Waals surface area contributed by atoms with Crippen LogP contribution in [0.25, 0.3) is 0 Å². The molecular weight excluding hydrogens is 238 g/mol. The van der Waals surface area contributed by atoms with Gasteiger partial charge in [-0.3, -0.25) is 0 Å². The van der Waals surface area contributed by atoms with Gasteiger partial charge in [0, 0.05) is 19.2 Å². The van der Waals surface area contributed by atoms with Crippen LogP contribution >= 0.6 is 0 Å². The molecule has 0 fully saturated rings. The number of benzene rings is 1. The summed E-state index contributed by atoms with van der Waals surface area (Å²) in [6.07, 6.45) is 2.52. The molecule has 0 aliphatic heterocycles. The molecule has 0 saturated carbocycles. The average molecular weight is 263 g/mol. The molecule has 0 radical (unpaired) electrons. The van der Waals surface area contributed by atoms with Gasteiger partial charge in [-0.2, -0.15) is 0 Å². The first-order chi connectivity index (χ1) is 9.17. The van der Waals surface area contributed by atoms with Crippen LogP contribution in [0.2, 0.25) is 0 Å². The molecule has 0 saturated heterocycles. The molecule has 0 amide bonds. The third-order valence-corrected chi connectivity index (χ3v) is 3.10. The molecule has 1 unspecified atom stereocenters. The molecule has 3 nitrogen and oxygen atoms in total. The Bertz CT molecular complexity index is 360. The first-order valence-corrected chi connectivity index (χ1v) is 6.84. The van der Waals surface area contributed by atoms with E-state index in [0.717, 1.165) is 18.7 Å². The Morgan fingerprint density at radius 1 is 1.32 bits per heavy atom. The highest BCUT2D eigenvalue weighted by Crippen LogP contribution is 2.13. The van der Waals surface area contributed by atoms with Crippen molar-refractivity contribution in [3.63, 3.8) is 0 Å². The molecule has 19 heavy (non-hydrogen) atoms. The Labute approximate surface area is 116 Å². The van der Waals surface area contributed by atoms with Gasteiger partial charge in [0.1, 0.15) is 12.4 Å². The van der Waals surface area contributed by atoms with Crippen LogP contribution in [-0.2, 0) is 6.54 Å². The number of aliphatic hydroxyl groups excluding tert-OH is 1. The van der Waals surface area contributed by atoms with E-state index in [1.54, 1.807) is 6.08 Å². The largest absolute Gasteiger partial charge is 0.490 e. The van der Waals surface area contributed by atoms with Crippen molar-refractivity contribution in [2.45, 2.75) is 32.9 Å². The molecular formula is C16H25NO2. The zero-order valence-electron chi connectivity index (χ0n) is 11.9. The molecule has 0 aliphatic rings. The second kappa shape index (κ2) is 8.73. The van der Waals surface area contributed by atoms with E-state index in [-0.39, 0.29) is 6.61 Å².